The first-order valence-corrected chi connectivity index (χ1v) is 3.04. The number of rotatable bonds is 2. The third kappa shape index (κ3) is 1.89. The molecule has 1 heterocycles. The van der Waals surface area contributed by atoms with Gasteiger partial charge < -0.3 is 4.74 Å². The molecule has 0 aromatic carbocycles. The highest BCUT2D eigenvalue weighted by Crippen LogP contribution is 2.12. The van der Waals surface area contributed by atoms with E-state index in [-0.39, 0.29) is 0 Å². The molecular formula is C5H10O5. The first-order chi connectivity index (χ1) is 4.86. The van der Waals surface area contributed by atoms with Gasteiger partial charge in [-0.15, -0.1) is 0 Å². The van der Waals surface area contributed by atoms with Crippen molar-refractivity contribution in [2.75, 3.05) is 7.11 Å². The molecule has 0 spiro atoms. The molecule has 1 fully saturated rings. The van der Waals surface area contributed by atoms with Crippen LogP contribution >= 0.6 is 0 Å². The van der Waals surface area contributed by atoms with E-state index < -0.39 is 12.8 Å². The van der Waals surface area contributed by atoms with Crippen molar-refractivity contribution in [3.05, 3.63) is 0 Å². The summed E-state index contributed by atoms with van der Waals surface area (Å²) in [5, 5.41) is 0. The van der Waals surface area contributed by atoms with E-state index in [9.17, 15) is 0 Å². The van der Waals surface area contributed by atoms with Crippen LogP contribution in [0, 0.1) is 0 Å². The topological polar surface area (TPSA) is 46.2 Å². The average molecular weight is 150 g/mol. The molecule has 0 unspecified atom stereocenters. The minimum absolute atomic E-state index is 0.452. The van der Waals surface area contributed by atoms with Gasteiger partial charge in [0.2, 0.25) is 6.29 Å². The minimum Gasteiger partial charge on any atom is -0.330 e. The highest BCUT2D eigenvalue weighted by atomic mass is 17.4. The van der Waals surface area contributed by atoms with Crippen LogP contribution in [0.3, 0.4) is 0 Å². The van der Waals surface area contributed by atoms with Crippen LogP contribution in [0.1, 0.15) is 13.3 Å². The molecule has 0 amide bonds. The zero-order valence-corrected chi connectivity index (χ0v) is 5.90. The van der Waals surface area contributed by atoms with Gasteiger partial charge in [0.05, 0.1) is 0 Å². The Kier molecular flexibility index (Phi) is 3.04. The molecule has 5 nitrogen and oxygen atoms in total. The van der Waals surface area contributed by atoms with Gasteiger partial charge in [0.1, 0.15) is 0 Å². The summed E-state index contributed by atoms with van der Waals surface area (Å²) in [7, 11) is 1.42. The van der Waals surface area contributed by atoms with Crippen LogP contribution in [-0.4, -0.2) is 19.9 Å². The van der Waals surface area contributed by atoms with Crippen molar-refractivity contribution in [2.45, 2.75) is 26.1 Å². The molecule has 0 N–H and O–H groups in total. The lowest BCUT2D eigenvalue weighted by Gasteiger charge is -2.24. The van der Waals surface area contributed by atoms with Crippen molar-refractivity contribution in [3.63, 3.8) is 0 Å². The predicted molar refractivity (Wildman–Crippen MR) is 29.2 cm³/mol. The van der Waals surface area contributed by atoms with E-state index in [1.165, 1.54) is 7.11 Å². The van der Waals surface area contributed by atoms with Crippen molar-refractivity contribution in [1.29, 1.82) is 0 Å². The fourth-order valence-corrected chi connectivity index (χ4v) is 0.461. The van der Waals surface area contributed by atoms with Gasteiger partial charge in [-0.3, -0.25) is 0 Å². The van der Waals surface area contributed by atoms with Gasteiger partial charge in [0.15, 0.2) is 0 Å². The van der Waals surface area contributed by atoms with Crippen molar-refractivity contribution < 1.29 is 24.3 Å². The molecule has 0 aromatic heterocycles. The fourth-order valence-electron chi connectivity index (χ4n) is 0.461. The molecule has 60 valence electrons. The second-order valence-corrected chi connectivity index (χ2v) is 1.75. The Morgan fingerprint density at radius 3 is 2.20 bits per heavy atom. The lowest BCUT2D eigenvalue weighted by molar-refractivity contribution is -0.625. The molecule has 0 aliphatic carbocycles. The monoisotopic (exact) mass is 150 g/mol. The molecule has 0 aromatic rings. The largest absolute Gasteiger partial charge is 0.330 e. The van der Waals surface area contributed by atoms with Gasteiger partial charge in [0, 0.05) is 13.5 Å². The van der Waals surface area contributed by atoms with Crippen LogP contribution in [0.25, 0.3) is 0 Å². The van der Waals surface area contributed by atoms with Gasteiger partial charge in [-0.25, -0.2) is 0 Å². The van der Waals surface area contributed by atoms with E-state index in [0.717, 1.165) is 0 Å². The van der Waals surface area contributed by atoms with Crippen LogP contribution < -0.4 is 0 Å². The average Bonchev–Trinajstić information content (AvgIpc) is 2.05. The summed E-state index contributed by atoms with van der Waals surface area (Å²) >= 11 is 0. The second-order valence-electron chi connectivity index (χ2n) is 1.75. The first kappa shape index (κ1) is 7.90. The fraction of sp³-hybridized carbons (Fsp3) is 1.00. The summed E-state index contributed by atoms with van der Waals surface area (Å²) in [6, 6.07) is 0. The minimum atomic E-state index is -0.872. The van der Waals surface area contributed by atoms with E-state index in [2.05, 4.69) is 24.3 Å². The molecule has 0 atom stereocenters. The van der Waals surface area contributed by atoms with Crippen LogP contribution in [-0.2, 0) is 24.3 Å². The van der Waals surface area contributed by atoms with E-state index in [0.29, 0.717) is 6.42 Å². The van der Waals surface area contributed by atoms with Gasteiger partial charge >= 0.3 is 6.48 Å². The predicted octanol–water partition coefficient (Wildman–Crippen LogP) is 0.562. The molecular weight excluding hydrogens is 140 g/mol. The number of hydrogen-bond donors (Lipinski definition) is 0. The van der Waals surface area contributed by atoms with Gasteiger partial charge in [-0.05, 0) is 0 Å². The molecule has 0 bridgehead atoms. The third-order valence-corrected chi connectivity index (χ3v) is 1.01. The standard InChI is InChI=1S/C5H10O5/c1-3-4-7-9-5(6-2)10-8-4/h4-5H,3H2,1-2H3. The molecule has 0 saturated carbocycles. The lowest BCUT2D eigenvalue weighted by Crippen LogP contribution is -2.32. The van der Waals surface area contributed by atoms with Crippen LogP contribution in [0.2, 0.25) is 0 Å². The maximum atomic E-state index is 4.66. The summed E-state index contributed by atoms with van der Waals surface area (Å²) < 4.78 is 4.59. The number of ether oxygens (including phenoxy) is 1. The van der Waals surface area contributed by atoms with Gasteiger partial charge in [-0.1, -0.05) is 6.92 Å². The summed E-state index contributed by atoms with van der Waals surface area (Å²) in [5.74, 6) is 0. The SMILES string of the molecule is CCC1OOC(OC)OO1. The maximum Gasteiger partial charge on any atom is 0.329 e. The number of hydrogen-bond acceptors (Lipinski definition) is 5. The van der Waals surface area contributed by atoms with Crippen LogP contribution in [0.4, 0.5) is 0 Å². The van der Waals surface area contributed by atoms with Crippen LogP contribution in [0.15, 0.2) is 0 Å². The Balaban J connectivity index is 2.17. The highest BCUT2D eigenvalue weighted by molar-refractivity contribution is 4.31. The normalized spacial score (nSPS) is 34.2. The Morgan fingerprint density at radius 1 is 1.20 bits per heavy atom. The molecule has 10 heavy (non-hydrogen) atoms. The molecule has 0 radical (unpaired) electrons. The number of methoxy groups -OCH3 is 1. The zero-order valence-electron chi connectivity index (χ0n) is 5.90. The smallest absolute Gasteiger partial charge is 0.329 e. The molecule has 1 aliphatic heterocycles. The lowest BCUT2D eigenvalue weighted by atomic mass is 10.5. The van der Waals surface area contributed by atoms with Crippen LogP contribution in [0.5, 0.6) is 0 Å². The first-order valence-electron chi connectivity index (χ1n) is 3.04. The van der Waals surface area contributed by atoms with Crippen molar-refractivity contribution in [1.82, 2.24) is 0 Å². The van der Waals surface area contributed by atoms with E-state index in [1.54, 1.807) is 0 Å². The maximum absolute atomic E-state index is 4.66. The quantitative estimate of drug-likeness (QED) is 0.538. The Bertz CT molecular complexity index is 76.0. The van der Waals surface area contributed by atoms with Crippen molar-refractivity contribution in [2.24, 2.45) is 0 Å². The summed E-state index contributed by atoms with van der Waals surface area (Å²) in [4.78, 5) is 18.4. The Labute approximate surface area is 58.6 Å². The Morgan fingerprint density at radius 2 is 1.80 bits per heavy atom. The van der Waals surface area contributed by atoms with E-state index >= 15 is 0 Å². The van der Waals surface area contributed by atoms with Gasteiger partial charge in [0.25, 0.3) is 0 Å². The molecule has 1 rings (SSSR count). The van der Waals surface area contributed by atoms with Crippen molar-refractivity contribution >= 4 is 0 Å². The third-order valence-electron chi connectivity index (χ3n) is 1.01. The van der Waals surface area contributed by atoms with Crippen molar-refractivity contribution in [3.8, 4) is 0 Å². The molecule has 5 heteroatoms. The summed E-state index contributed by atoms with van der Waals surface area (Å²) in [5.41, 5.74) is 0. The van der Waals surface area contributed by atoms with E-state index in [1.807, 2.05) is 6.92 Å². The molecule has 1 aliphatic rings. The molecule has 1 saturated heterocycles. The second kappa shape index (κ2) is 3.85. The summed E-state index contributed by atoms with van der Waals surface area (Å²) in [6.07, 6.45) is 0.211. The van der Waals surface area contributed by atoms with Gasteiger partial charge in [-0.2, -0.15) is 19.6 Å². The summed E-state index contributed by atoms with van der Waals surface area (Å²) in [6.45, 7) is 1.01. The zero-order chi connectivity index (χ0) is 7.40. The van der Waals surface area contributed by atoms with E-state index in [4.69, 9.17) is 0 Å². The Hall–Kier alpha value is -0.200. The highest BCUT2D eigenvalue weighted by Gasteiger charge is 2.23.